The zero-order chi connectivity index (χ0) is 13.7. The van der Waals surface area contributed by atoms with Gasteiger partial charge in [-0.15, -0.1) is 0 Å². The van der Waals surface area contributed by atoms with E-state index in [2.05, 4.69) is 10.6 Å². The van der Waals surface area contributed by atoms with Crippen LogP contribution in [0.5, 0.6) is 0 Å². The lowest BCUT2D eigenvalue weighted by Gasteiger charge is -2.08. The quantitative estimate of drug-likeness (QED) is 0.884. The van der Waals surface area contributed by atoms with Crippen LogP contribution in [0.1, 0.15) is 5.56 Å². The van der Waals surface area contributed by atoms with E-state index in [0.29, 0.717) is 11.3 Å². The lowest BCUT2D eigenvalue weighted by Crippen LogP contribution is -2.21. The number of para-hydroxylation sites is 1. The van der Waals surface area contributed by atoms with Crippen LogP contribution in [0.2, 0.25) is 0 Å². The molecule has 2 rings (SSSR count). The number of benzene rings is 2. The van der Waals surface area contributed by atoms with Crippen LogP contribution in [0.3, 0.4) is 0 Å². The Kier molecular flexibility index (Phi) is 4.13. The fourth-order valence-electron chi connectivity index (χ4n) is 1.67. The first-order chi connectivity index (χ1) is 9.15. The van der Waals surface area contributed by atoms with Gasteiger partial charge >= 0.3 is 0 Å². The number of rotatable bonds is 4. The molecule has 2 aromatic carbocycles. The standard InChI is InChI=1S/C15H15FN2O/c1-11-9-13(7-8-14(11)16)18-15(19)10-17-12-5-3-2-4-6-12/h2-9,17H,10H2,1H3,(H,18,19). The second-order valence-corrected chi connectivity index (χ2v) is 4.23. The molecule has 3 nitrogen and oxygen atoms in total. The molecule has 2 N–H and O–H groups in total. The van der Waals surface area contributed by atoms with Gasteiger partial charge in [-0.1, -0.05) is 18.2 Å². The molecule has 1 amide bonds. The van der Waals surface area contributed by atoms with Crippen LogP contribution in [-0.2, 0) is 4.79 Å². The van der Waals surface area contributed by atoms with Crippen LogP contribution >= 0.6 is 0 Å². The Morgan fingerprint density at radius 2 is 1.84 bits per heavy atom. The molecule has 0 spiro atoms. The maximum Gasteiger partial charge on any atom is 0.243 e. The highest BCUT2D eigenvalue weighted by molar-refractivity contribution is 5.93. The fourth-order valence-corrected chi connectivity index (χ4v) is 1.67. The van der Waals surface area contributed by atoms with Crippen LogP contribution < -0.4 is 10.6 Å². The first-order valence-electron chi connectivity index (χ1n) is 6.00. The highest BCUT2D eigenvalue weighted by Gasteiger charge is 2.04. The van der Waals surface area contributed by atoms with Crippen molar-refractivity contribution >= 4 is 17.3 Å². The van der Waals surface area contributed by atoms with Gasteiger partial charge in [-0.25, -0.2) is 4.39 Å². The summed E-state index contributed by atoms with van der Waals surface area (Å²) in [6.07, 6.45) is 0. The second-order valence-electron chi connectivity index (χ2n) is 4.23. The highest BCUT2D eigenvalue weighted by Crippen LogP contribution is 2.13. The maximum atomic E-state index is 13.1. The number of nitrogens with one attached hydrogen (secondary N) is 2. The van der Waals surface area contributed by atoms with Crippen LogP contribution in [0.15, 0.2) is 48.5 Å². The van der Waals surface area contributed by atoms with Crippen molar-refractivity contribution in [3.05, 3.63) is 59.9 Å². The van der Waals surface area contributed by atoms with Gasteiger partial charge in [0.1, 0.15) is 5.82 Å². The lowest BCUT2D eigenvalue weighted by molar-refractivity contribution is -0.114. The van der Waals surface area contributed by atoms with E-state index in [1.54, 1.807) is 19.1 Å². The third-order valence-electron chi connectivity index (χ3n) is 2.67. The fraction of sp³-hybridized carbons (Fsp3) is 0.133. The number of carbonyl (C=O) groups excluding carboxylic acids is 1. The molecule has 0 atom stereocenters. The van der Waals surface area contributed by atoms with Crippen molar-refractivity contribution in [1.29, 1.82) is 0 Å². The molecule has 2 aromatic rings. The first kappa shape index (κ1) is 13.1. The Bertz CT molecular complexity index is 570. The Morgan fingerprint density at radius 3 is 2.53 bits per heavy atom. The molecule has 0 heterocycles. The minimum absolute atomic E-state index is 0.167. The summed E-state index contributed by atoms with van der Waals surface area (Å²) in [6.45, 7) is 1.83. The average Bonchev–Trinajstić information content (AvgIpc) is 2.42. The summed E-state index contributed by atoms with van der Waals surface area (Å²) < 4.78 is 13.1. The van der Waals surface area contributed by atoms with E-state index in [9.17, 15) is 9.18 Å². The minimum Gasteiger partial charge on any atom is -0.376 e. The van der Waals surface area contributed by atoms with Gasteiger partial charge in [-0.2, -0.15) is 0 Å². The SMILES string of the molecule is Cc1cc(NC(=O)CNc2ccccc2)ccc1F. The van der Waals surface area contributed by atoms with E-state index in [1.165, 1.54) is 6.07 Å². The topological polar surface area (TPSA) is 41.1 Å². The van der Waals surface area contributed by atoms with Crippen LogP contribution in [0, 0.1) is 12.7 Å². The molecule has 0 saturated carbocycles. The van der Waals surface area contributed by atoms with E-state index in [-0.39, 0.29) is 18.3 Å². The number of carbonyl (C=O) groups is 1. The summed E-state index contributed by atoms with van der Waals surface area (Å²) in [4.78, 5) is 11.7. The minimum atomic E-state index is -0.277. The van der Waals surface area contributed by atoms with Crippen LogP contribution in [0.4, 0.5) is 15.8 Å². The van der Waals surface area contributed by atoms with Gasteiger partial charge in [0.25, 0.3) is 0 Å². The zero-order valence-electron chi connectivity index (χ0n) is 10.6. The number of hydrogen-bond acceptors (Lipinski definition) is 2. The summed E-state index contributed by atoms with van der Waals surface area (Å²) in [6, 6.07) is 14.0. The van der Waals surface area contributed by atoms with Crippen molar-refractivity contribution in [3.63, 3.8) is 0 Å². The predicted molar refractivity (Wildman–Crippen MR) is 74.7 cm³/mol. The second kappa shape index (κ2) is 6.00. The Morgan fingerprint density at radius 1 is 1.11 bits per heavy atom. The normalized spacial score (nSPS) is 10.0. The van der Waals surface area contributed by atoms with Gasteiger partial charge in [0.2, 0.25) is 5.91 Å². The number of amides is 1. The Hall–Kier alpha value is -2.36. The van der Waals surface area contributed by atoms with E-state index < -0.39 is 0 Å². The average molecular weight is 258 g/mol. The van der Waals surface area contributed by atoms with Crippen molar-refractivity contribution in [2.45, 2.75) is 6.92 Å². The third-order valence-corrected chi connectivity index (χ3v) is 2.67. The van der Waals surface area contributed by atoms with Gasteiger partial charge in [-0.3, -0.25) is 4.79 Å². The lowest BCUT2D eigenvalue weighted by atomic mass is 10.2. The van der Waals surface area contributed by atoms with Crippen molar-refractivity contribution < 1.29 is 9.18 Å². The predicted octanol–water partition coefficient (Wildman–Crippen LogP) is 3.18. The monoisotopic (exact) mass is 258 g/mol. The molecule has 0 aliphatic heterocycles. The molecular formula is C15H15FN2O. The summed E-state index contributed by atoms with van der Waals surface area (Å²) in [5, 5.41) is 5.72. The van der Waals surface area contributed by atoms with Crippen LogP contribution in [-0.4, -0.2) is 12.5 Å². The summed E-state index contributed by atoms with van der Waals surface area (Å²) in [5.74, 6) is -0.449. The summed E-state index contributed by atoms with van der Waals surface area (Å²) in [5.41, 5.74) is 1.99. The number of aryl methyl sites for hydroxylation is 1. The van der Waals surface area contributed by atoms with E-state index in [4.69, 9.17) is 0 Å². The summed E-state index contributed by atoms with van der Waals surface area (Å²) in [7, 11) is 0. The maximum absolute atomic E-state index is 13.1. The first-order valence-corrected chi connectivity index (χ1v) is 6.00. The van der Waals surface area contributed by atoms with Gasteiger partial charge in [-0.05, 0) is 42.8 Å². The molecule has 0 fully saturated rings. The molecule has 0 aliphatic rings. The molecule has 0 bridgehead atoms. The molecule has 19 heavy (non-hydrogen) atoms. The van der Waals surface area contributed by atoms with Gasteiger partial charge in [0, 0.05) is 11.4 Å². The van der Waals surface area contributed by atoms with Gasteiger partial charge < -0.3 is 10.6 Å². The Labute approximate surface area is 111 Å². The number of anilines is 2. The van der Waals surface area contributed by atoms with Crippen LogP contribution in [0.25, 0.3) is 0 Å². The van der Waals surface area contributed by atoms with Gasteiger partial charge in [0.05, 0.1) is 6.54 Å². The van der Waals surface area contributed by atoms with Crippen molar-refractivity contribution in [1.82, 2.24) is 0 Å². The number of hydrogen-bond donors (Lipinski definition) is 2. The Balaban J connectivity index is 1.89. The largest absolute Gasteiger partial charge is 0.376 e. The summed E-state index contributed by atoms with van der Waals surface area (Å²) >= 11 is 0. The molecule has 0 saturated heterocycles. The molecule has 4 heteroatoms. The molecule has 98 valence electrons. The van der Waals surface area contributed by atoms with E-state index >= 15 is 0 Å². The molecule has 0 aromatic heterocycles. The van der Waals surface area contributed by atoms with Crippen molar-refractivity contribution in [2.24, 2.45) is 0 Å². The third kappa shape index (κ3) is 3.81. The molecule has 0 aliphatic carbocycles. The molecule has 0 radical (unpaired) electrons. The zero-order valence-corrected chi connectivity index (χ0v) is 10.6. The van der Waals surface area contributed by atoms with E-state index in [1.807, 2.05) is 30.3 Å². The number of halogens is 1. The molecular weight excluding hydrogens is 243 g/mol. The van der Waals surface area contributed by atoms with Crippen molar-refractivity contribution in [2.75, 3.05) is 17.2 Å². The van der Waals surface area contributed by atoms with Gasteiger partial charge in [0.15, 0.2) is 0 Å². The molecule has 0 unspecified atom stereocenters. The van der Waals surface area contributed by atoms with E-state index in [0.717, 1.165) is 5.69 Å². The highest BCUT2D eigenvalue weighted by atomic mass is 19.1. The van der Waals surface area contributed by atoms with Crippen molar-refractivity contribution in [3.8, 4) is 0 Å². The smallest absolute Gasteiger partial charge is 0.243 e.